The Hall–Kier alpha value is -2.89. The molecular weight excluding hydrogens is 369 g/mol. The second kappa shape index (κ2) is 8.64. The molecule has 0 unspecified atom stereocenters. The first-order valence-corrected chi connectivity index (χ1v) is 10.3. The molecule has 0 aliphatic carbocycles. The van der Waals surface area contributed by atoms with Crippen molar-refractivity contribution in [2.75, 3.05) is 0 Å². The Balaban J connectivity index is 1.36. The maximum atomic E-state index is 13.1. The van der Waals surface area contributed by atoms with Crippen LogP contribution in [0, 0.1) is 5.82 Å². The van der Waals surface area contributed by atoms with E-state index in [0.29, 0.717) is 12.1 Å². The van der Waals surface area contributed by atoms with Crippen molar-refractivity contribution in [3.05, 3.63) is 71.5 Å². The van der Waals surface area contributed by atoms with Crippen LogP contribution in [0.25, 0.3) is 0 Å². The van der Waals surface area contributed by atoms with Crippen molar-refractivity contribution in [1.82, 2.24) is 15.5 Å². The van der Waals surface area contributed by atoms with E-state index in [0.717, 1.165) is 37.7 Å². The summed E-state index contributed by atoms with van der Waals surface area (Å²) in [4.78, 5) is 27.3. The van der Waals surface area contributed by atoms with Gasteiger partial charge in [-0.05, 0) is 61.9 Å². The van der Waals surface area contributed by atoms with Crippen molar-refractivity contribution >= 4 is 11.9 Å². The first-order chi connectivity index (χ1) is 14.1. The van der Waals surface area contributed by atoms with Crippen molar-refractivity contribution in [3.8, 4) is 0 Å². The fourth-order valence-electron chi connectivity index (χ4n) is 4.57. The maximum absolute atomic E-state index is 13.1. The number of amides is 3. The fourth-order valence-corrected chi connectivity index (χ4v) is 4.57. The first-order valence-electron chi connectivity index (χ1n) is 10.3. The largest absolute Gasteiger partial charge is 0.349 e. The van der Waals surface area contributed by atoms with Gasteiger partial charge in [0.25, 0.3) is 5.91 Å². The van der Waals surface area contributed by atoms with Crippen molar-refractivity contribution in [1.29, 1.82) is 0 Å². The van der Waals surface area contributed by atoms with Crippen LogP contribution in [-0.4, -0.2) is 35.0 Å². The molecule has 2 saturated heterocycles. The van der Waals surface area contributed by atoms with E-state index >= 15 is 0 Å². The van der Waals surface area contributed by atoms with Crippen molar-refractivity contribution in [2.45, 2.75) is 56.8 Å². The molecule has 5 nitrogen and oxygen atoms in total. The predicted molar refractivity (Wildman–Crippen MR) is 109 cm³/mol. The zero-order valence-corrected chi connectivity index (χ0v) is 16.3. The van der Waals surface area contributed by atoms with E-state index in [1.165, 1.54) is 24.3 Å². The highest BCUT2D eigenvalue weighted by Gasteiger charge is 2.41. The van der Waals surface area contributed by atoms with Crippen molar-refractivity contribution in [3.63, 3.8) is 0 Å². The smallest absolute Gasteiger partial charge is 0.318 e. The summed E-state index contributed by atoms with van der Waals surface area (Å²) in [5, 5.41) is 6.13. The molecule has 2 fully saturated rings. The van der Waals surface area contributed by atoms with Gasteiger partial charge in [0.05, 0.1) is 0 Å². The molecule has 29 heavy (non-hydrogen) atoms. The van der Waals surface area contributed by atoms with Gasteiger partial charge in [-0.25, -0.2) is 9.18 Å². The number of carbonyl (C=O) groups is 2. The van der Waals surface area contributed by atoms with Crippen molar-refractivity contribution in [2.24, 2.45) is 0 Å². The number of urea groups is 1. The molecule has 152 valence electrons. The summed E-state index contributed by atoms with van der Waals surface area (Å²) in [6, 6.07) is 15.7. The molecule has 6 heteroatoms. The van der Waals surface area contributed by atoms with E-state index in [2.05, 4.69) is 10.6 Å². The van der Waals surface area contributed by atoms with Crippen LogP contribution in [-0.2, 0) is 6.54 Å². The molecule has 4 rings (SSSR count). The number of rotatable bonds is 4. The Morgan fingerprint density at radius 3 is 2.28 bits per heavy atom. The van der Waals surface area contributed by atoms with Gasteiger partial charge in [-0.15, -0.1) is 0 Å². The highest BCUT2D eigenvalue weighted by Crippen LogP contribution is 2.34. The Labute approximate surface area is 170 Å². The van der Waals surface area contributed by atoms with Gasteiger partial charge in [0.1, 0.15) is 5.82 Å². The third-order valence-electron chi connectivity index (χ3n) is 5.94. The number of fused-ring (bicyclic) bond motifs is 2. The Bertz CT molecular complexity index is 842. The van der Waals surface area contributed by atoms with Crippen LogP contribution >= 0.6 is 0 Å². The molecular formula is C23H26FN3O2. The van der Waals surface area contributed by atoms with Gasteiger partial charge in [-0.1, -0.05) is 30.3 Å². The average Bonchev–Trinajstić information content (AvgIpc) is 2.72. The highest BCUT2D eigenvalue weighted by molar-refractivity contribution is 5.94. The lowest BCUT2D eigenvalue weighted by Gasteiger charge is -2.48. The summed E-state index contributed by atoms with van der Waals surface area (Å²) in [6.45, 7) is 0.514. The van der Waals surface area contributed by atoms with Crippen LogP contribution in [0.1, 0.15) is 48.0 Å². The number of benzene rings is 2. The van der Waals surface area contributed by atoms with E-state index in [1.54, 1.807) is 0 Å². The molecule has 0 spiro atoms. The second-order valence-electron chi connectivity index (χ2n) is 7.94. The summed E-state index contributed by atoms with van der Waals surface area (Å²) >= 11 is 0. The minimum Gasteiger partial charge on any atom is -0.349 e. The lowest BCUT2D eigenvalue weighted by atomic mass is 9.82. The zero-order chi connectivity index (χ0) is 20.2. The van der Waals surface area contributed by atoms with Crippen LogP contribution in [0.2, 0.25) is 0 Å². The van der Waals surface area contributed by atoms with E-state index in [4.69, 9.17) is 0 Å². The van der Waals surface area contributed by atoms with E-state index in [9.17, 15) is 14.0 Å². The molecule has 2 aliphatic heterocycles. The molecule has 2 aliphatic rings. The first kappa shape index (κ1) is 19.4. The molecule has 2 aromatic carbocycles. The summed E-state index contributed by atoms with van der Waals surface area (Å²) in [7, 11) is 0. The van der Waals surface area contributed by atoms with Crippen LogP contribution in [0.4, 0.5) is 9.18 Å². The molecule has 2 heterocycles. The molecule has 2 atom stereocenters. The summed E-state index contributed by atoms with van der Waals surface area (Å²) in [5.74, 6) is -0.541. The van der Waals surface area contributed by atoms with Crippen molar-refractivity contribution < 1.29 is 14.0 Å². The molecule has 0 radical (unpaired) electrons. The fraction of sp³-hybridized carbons (Fsp3) is 0.391. The molecule has 3 amide bonds. The van der Waals surface area contributed by atoms with Gasteiger partial charge in [0.2, 0.25) is 0 Å². The molecule has 2 N–H and O–H groups in total. The van der Waals surface area contributed by atoms with Crippen LogP contribution in [0.15, 0.2) is 54.6 Å². The number of hydrogen-bond acceptors (Lipinski definition) is 2. The lowest BCUT2D eigenvalue weighted by molar-refractivity contribution is 0.0522. The summed E-state index contributed by atoms with van der Waals surface area (Å²) in [6.07, 6.45) is 4.52. The van der Waals surface area contributed by atoms with E-state index < -0.39 is 0 Å². The van der Waals surface area contributed by atoms with Crippen LogP contribution in [0.3, 0.4) is 0 Å². The number of carbonyl (C=O) groups excluding carboxylic acids is 2. The monoisotopic (exact) mass is 395 g/mol. The Morgan fingerprint density at radius 1 is 0.966 bits per heavy atom. The van der Waals surface area contributed by atoms with Gasteiger partial charge >= 0.3 is 6.03 Å². The SMILES string of the molecule is O=C(NC1C[C@H]2CCC[C@H](C1)N2C(=O)NCc1ccccc1)c1ccc(F)cc1. The third kappa shape index (κ3) is 4.58. The maximum Gasteiger partial charge on any atom is 0.318 e. The Morgan fingerprint density at radius 2 is 1.62 bits per heavy atom. The number of halogens is 1. The molecule has 0 saturated carbocycles. The van der Waals surface area contributed by atoms with Gasteiger partial charge in [0, 0.05) is 30.2 Å². The minimum absolute atomic E-state index is 0.0214. The second-order valence-corrected chi connectivity index (χ2v) is 7.94. The number of nitrogens with one attached hydrogen (secondary N) is 2. The molecule has 2 bridgehead atoms. The van der Waals surface area contributed by atoms with E-state index in [-0.39, 0.29) is 35.9 Å². The standard InChI is InChI=1S/C23H26FN3O2/c24-18-11-9-17(10-12-18)22(28)26-19-13-20-7-4-8-21(14-19)27(20)23(29)25-15-16-5-2-1-3-6-16/h1-3,5-6,9-12,19-21H,4,7-8,13-15H2,(H,25,29)(H,26,28)/t20-,21-/m1/s1. The predicted octanol–water partition coefficient (Wildman–Crippen LogP) is 3.85. The molecule has 2 aromatic rings. The number of hydrogen-bond donors (Lipinski definition) is 2. The topological polar surface area (TPSA) is 61.4 Å². The quantitative estimate of drug-likeness (QED) is 0.826. The minimum atomic E-state index is -0.356. The number of piperidine rings is 2. The zero-order valence-electron chi connectivity index (χ0n) is 16.3. The summed E-state index contributed by atoms with van der Waals surface area (Å²) in [5.41, 5.74) is 1.53. The number of nitrogens with zero attached hydrogens (tertiary/aromatic N) is 1. The highest BCUT2D eigenvalue weighted by atomic mass is 19.1. The molecule has 0 aromatic heterocycles. The van der Waals surface area contributed by atoms with Gasteiger partial charge in [-0.2, -0.15) is 0 Å². The van der Waals surface area contributed by atoms with Crippen LogP contribution in [0.5, 0.6) is 0 Å². The lowest BCUT2D eigenvalue weighted by Crippen LogP contribution is -2.60. The van der Waals surface area contributed by atoms with E-state index in [1.807, 2.05) is 35.2 Å². The van der Waals surface area contributed by atoms with Gasteiger partial charge in [0.15, 0.2) is 0 Å². The third-order valence-corrected chi connectivity index (χ3v) is 5.94. The average molecular weight is 395 g/mol. The van der Waals surface area contributed by atoms with Gasteiger partial charge in [-0.3, -0.25) is 4.79 Å². The Kier molecular flexibility index (Phi) is 5.79. The van der Waals surface area contributed by atoms with Gasteiger partial charge < -0.3 is 15.5 Å². The summed E-state index contributed by atoms with van der Waals surface area (Å²) < 4.78 is 13.1. The normalized spacial score (nSPS) is 23.3. The van der Waals surface area contributed by atoms with Crippen LogP contribution < -0.4 is 10.6 Å².